The Bertz CT molecular complexity index is 791. The molecule has 0 saturated carbocycles. The standard InChI is InChI=1S/C19H18N4O/c24-19(23-14-16-7-11-21-12-8-16)17-3-1-2-4-18(17)22-13-15-5-9-20-10-6-15/h1-12,22H,13-14H2,(H,23,24). The van der Waals surface area contributed by atoms with Gasteiger partial charge < -0.3 is 10.6 Å². The molecular weight excluding hydrogens is 300 g/mol. The van der Waals surface area contributed by atoms with Gasteiger partial charge >= 0.3 is 0 Å². The molecule has 0 aliphatic carbocycles. The van der Waals surface area contributed by atoms with Crippen molar-refractivity contribution in [3.05, 3.63) is 90.0 Å². The summed E-state index contributed by atoms with van der Waals surface area (Å²) < 4.78 is 0. The van der Waals surface area contributed by atoms with Gasteiger partial charge in [-0.3, -0.25) is 14.8 Å². The van der Waals surface area contributed by atoms with Crippen LogP contribution in [0.2, 0.25) is 0 Å². The largest absolute Gasteiger partial charge is 0.380 e. The molecule has 0 aliphatic rings. The van der Waals surface area contributed by atoms with E-state index in [1.54, 1.807) is 24.8 Å². The Morgan fingerprint density at radius 2 is 1.38 bits per heavy atom. The molecule has 0 fully saturated rings. The Labute approximate surface area is 140 Å². The molecule has 1 aromatic carbocycles. The fourth-order valence-electron chi connectivity index (χ4n) is 2.31. The van der Waals surface area contributed by atoms with E-state index in [4.69, 9.17) is 0 Å². The van der Waals surface area contributed by atoms with Crippen molar-refractivity contribution in [2.75, 3.05) is 5.32 Å². The zero-order valence-electron chi connectivity index (χ0n) is 13.1. The van der Waals surface area contributed by atoms with E-state index in [0.717, 1.165) is 16.8 Å². The number of rotatable bonds is 6. The zero-order valence-corrected chi connectivity index (χ0v) is 13.1. The number of para-hydroxylation sites is 1. The van der Waals surface area contributed by atoms with Gasteiger partial charge in [-0.1, -0.05) is 12.1 Å². The number of hydrogen-bond donors (Lipinski definition) is 2. The molecule has 5 nitrogen and oxygen atoms in total. The number of anilines is 1. The van der Waals surface area contributed by atoms with E-state index in [9.17, 15) is 4.79 Å². The lowest BCUT2D eigenvalue weighted by Gasteiger charge is -2.12. The molecule has 3 rings (SSSR count). The highest BCUT2D eigenvalue weighted by molar-refractivity contribution is 5.99. The summed E-state index contributed by atoms with van der Waals surface area (Å²) in [7, 11) is 0. The third kappa shape index (κ3) is 4.16. The van der Waals surface area contributed by atoms with Crippen LogP contribution in [0.5, 0.6) is 0 Å². The first-order valence-corrected chi connectivity index (χ1v) is 7.72. The number of carbonyl (C=O) groups is 1. The molecule has 0 saturated heterocycles. The zero-order chi connectivity index (χ0) is 16.6. The van der Waals surface area contributed by atoms with Crippen molar-refractivity contribution in [2.45, 2.75) is 13.1 Å². The summed E-state index contributed by atoms with van der Waals surface area (Å²) in [4.78, 5) is 20.4. The van der Waals surface area contributed by atoms with Gasteiger partial charge in [-0.05, 0) is 47.5 Å². The van der Waals surface area contributed by atoms with Crippen LogP contribution in [0.4, 0.5) is 5.69 Å². The van der Waals surface area contributed by atoms with Crippen molar-refractivity contribution in [1.29, 1.82) is 0 Å². The number of pyridine rings is 2. The molecule has 0 aliphatic heterocycles. The molecule has 2 N–H and O–H groups in total. The summed E-state index contributed by atoms with van der Waals surface area (Å²) in [5, 5.41) is 6.25. The van der Waals surface area contributed by atoms with Crippen LogP contribution in [0.15, 0.2) is 73.3 Å². The lowest BCUT2D eigenvalue weighted by molar-refractivity contribution is 0.0951. The summed E-state index contributed by atoms with van der Waals surface area (Å²) in [5.74, 6) is -0.107. The van der Waals surface area contributed by atoms with Crippen LogP contribution in [-0.2, 0) is 13.1 Å². The quantitative estimate of drug-likeness (QED) is 0.733. The van der Waals surface area contributed by atoms with E-state index in [0.29, 0.717) is 18.7 Å². The number of nitrogens with zero attached hydrogens (tertiary/aromatic N) is 2. The average molecular weight is 318 g/mol. The monoisotopic (exact) mass is 318 g/mol. The summed E-state index contributed by atoms with van der Waals surface area (Å²) >= 11 is 0. The van der Waals surface area contributed by atoms with Crippen LogP contribution in [0, 0.1) is 0 Å². The average Bonchev–Trinajstić information content (AvgIpc) is 2.66. The van der Waals surface area contributed by atoms with E-state index in [2.05, 4.69) is 20.6 Å². The van der Waals surface area contributed by atoms with Gasteiger partial charge in [-0.15, -0.1) is 0 Å². The predicted octanol–water partition coefficient (Wildman–Crippen LogP) is 3.02. The summed E-state index contributed by atoms with van der Waals surface area (Å²) in [6, 6.07) is 15.1. The minimum atomic E-state index is -0.107. The van der Waals surface area contributed by atoms with E-state index in [1.165, 1.54) is 0 Å². The van der Waals surface area contributed by atoms with Gasteiger partial charge in [-0.2, -0.15) is 0 Å². The highest BCUT2D eigenvalue weighted by Gasteiger charge is 2.10. The molecule has 0 radical (unpaired) electrons. The van der Waals surface area contributed by atoms with Gasteiger partial charge in [0.05, 0.1) is 5.56 Å². The van der Waals surface area contributed by atoms with Crippen molar-refractivity contribution < 1.29 is 4.79 Å². The third-order valence-electron chi connectivity index (χ3n) is 3.61. The summed E-state index contributed by atoms with van der Waals surface area (Å²) in [6.45, 7) is 1.11. The minimum absolute atomic E-state index is 0.107. The molecule has 1 amide bonds. The highest BCUT2D eigenvalue weighted by Crippen LogP contribution is 2.16. The molecule has 5 heteroatoms. The van der Waals surface area contributed by atoms with Crippen molar-refractivity contribution in [2.24, 2.45) is 0 Å². The Morgan fingerprint density at radius 1 is 0.792 bits per heavy atom. The molecule has 0 unspecified atom stereocenters. The second-order valence-corrected chi connectivity index (χ2v) is 5.29. The van der Waals surface area contributed by atoms with Crippen molar-refractivity contribution in [3.63, 3.8) is 0 Å². The first-order valence-electron chi connectivity index (χ1n) is 7.72. The Balaban J connectivity index is 1.65. The predicted molar refractivity (Wildman–Crippen MR) is 93.4 cm³/mol. The van der Waals surface area contributed by atoms with E-state index >= 15 is 0 Å². The molecule has 24 heavy (non-hydrogen) atoms. The Kier molecular flexibility index (Phi) is 5.14. The van der Waals surface area contributed by atoms with Crippen LogP contribution in [0.1, 0.15) is 21.5 Å². The third-order valence-corrected chi connectivity index (χ3v) is 3.61. The molecule has 120 valence electrons. The number of benzene rings is 1. The molecule has 2 heterocycles. The maximum absolute atomic E-state index is 12.5. The Morgan fingerprint density at radius 3 is 2.04 bits per heavy atom. The molecular formula is C19H18N4O. The maximum Gasteiger partial charge on any atom is 0.253 e. The molecule has 0 bridgehead atoms. The van der Waals surface area contributed by atoms with Gasteiger partial charge in [0, 0.05) is 43.6 Å². The number of hydrogen-bond acceptors (Lipinski definition) is 4. The van der Waals surface area contributed by atoms with Gasteiger partial charge in [0.1, 0.15) is 0 Å². The van der Waals surface area contributed by atoms with Crippen molar-refractivity contribution in [1.82, 2.24) is 15.3 Å². The summed E-state index contributed by atoms with van der Waals surface area (Å²) in [5.41, 5.74) is 3.56. The molecule has 0 spiro atoms. The summed E-state index contributed by atoms with van der Waals surface area (Å²) in [6.07, 6.45) is 6.94. The van der Waals surface area contributed by atoms with E-state index < -0.39 is 0 Å². The fourth-order valence-corrected chi connectivity index (χ4v) is 2.31. The second-order valence-electron chi connectivity index (χ2n) is 5.29. The van der Waals surface area contributed by atoms with Crippen molar-refractivity contribution in [3.8, 4) is 0 Å². The number of carbonyl (C=O) groups excluding carboxylic acids is 1. The SMILES string of the molecule is O=C(NCc1ccncc1)c1ccccc1NCc1ccncc1. The van der Waals surface area contributed by atoms with Crippen LogP contribution in [0.25, 0.3) is 0 Å². The molecule has 0 atom stereocenters. The van der Waals surface area contributed by atoms with E-state index in [1.807, 2.05) is 48.5 Å². The van der Waals surface area contributed by atoms with E-state index in [-0.39, 0.29) is 5.91 Å². The highest BCUT2D eigenvalue weighted by atomic mass is 16.1. The molecule has 3 aromatic rings. The van der Waals surface area contributed by atoms with Crippen LogP contribution in [-0.4, -0.2) is 15.9 Å². The normalized spacial score (nSPS) is 10.2. The first-order chi connectivity index (χ1) is 11.8. The van der Waals surface area contributed by atoms with Crippen molar-refractivity contribution >= 4 is 11.6 Å². The number of nitrogens with one attached hydrogen (secondary N) is 2. The van der Waals surface area contributed by atoms with Crippen LogP contribution in [0.3, 0.4) is 0 Å². The van der Waals surface area contributed by atoms with Gasteiger partial charge in [0.2, 0.25) is 0 Å². The minimum Gasteiger partial charge on any atom is -0.380 e. The number of amides is 1. The number of aromatic nitrogens is 2. The topological polar surface area (TPSA) is 66.9 Å². The van der Waals surface area contributed by atoms with Gasteiger partial charge in [0.15, 0.2) is 0 Å². The van der Waals surface area contributed by atoms with Gasteiger partial charge in [-0.25, -0.2) is 0 Å². The second kappa shape index (κ2) is 7.87. The Hall–Kier alpha value is -3.21. The smallest absolute Gasteiger partial charge is 0.253 e. The fraction of sp³-hybridized carbons (Fsp3) is 0.105. The first kappa shape index (κ1) is 15.7. The van der Waals surface area contributed by atoms with Crippen LogP contribution >= 0.6 is 0 Å². The maximum atomic E-state index is 12.5. The lowest BCUT2D eigenvalue weighted by Crippen LogP contribution is -2.23. The lowest BCUT2D eigenvalue weighted by atomic mass is 10.1. The van der Waals surface area contributed by atoms with Crippen LogP contribution < -0.4 is 10.6 Å². The molecule has 2 aromatic heterocycles. The van der Waals surface area contributed by atoms with Gasteiger partial charge in [0.25, 0.3) is 5.91 Å².